The molecule has 1 aromatic rings. The lowest BCUT2D eigenvalue weighted by Crippen LogP contribution is -2.14. The van der Waals surface area contributed by atoms with Crippen LogP contribution in [0.3, 0.4) is 0 Å². The Kier molecular flexibility index (Phi) is 5.04. The molecule has 1 aromatic carbocycles. The van der Waals surface area contributed by atoms with Crippen molar-refractivity contribution >= 4 is 5.70 Å². The van der Waals surface area contributed by atoms with Crippen LogP contribution < -0.4 is 10.1 Å². The van der Waals surface area contributed by atoms with Crippen molar-refractivity contribution in [3.05, 3.63) is 48.2 Å². The summed E-state index contributed by atoms with van der Waals surface area (Å²) in [5.41, 5.74) is 3.39. The maximum absolute atomic E-state index is 5.63. The number of benzene rings is 1. The molecule has 0 aromatic heterocycles. The number of allylic oxidation sites excluding steroid dienone is 2. The highest BCUT2D eigenvalue weighted by molar-refractivity contribution is 5.66. The topological polar surface area (TPSA) is 30.5 Å². The van der Waals surface area contributed by atoms with Gasteiger partial charge in [0.2, 0.25) is 0 Å². The fraction of sp³-hybridized carbons (Fsp3) is 0.375. The fourth-order valence-electron chi connectivity index (χ4n) is 2.01. The predicted octanol–water partition coefficient (Wildman–Crippen LogP) is 3.34. The Balaban J connectivity index is 1.91. The minimum atomic E-state index is 0.685. The summed E-state index contributed by atoms with van der Waals surface area (Å²) in [6.45, 7) is 5.40. The molecule has 1 heterocycles. The zero-order valence-corrected chi connectivity index (χ0v) is 11.4. The smallest absolute Gasteiger partial charge is 0.119 e. The first-order chi connectivity index (χ1) is 9.29. The van der Waals surface area contributed by atoms with Crippen LogP contribution in [0.5, 0.6) is 5.75 Å². The fourth-order valence-corrected chi connectivity index (χ4v) is 2.01. The van der Waals surface area contributed by atoms with E-state index in [2.05, 4.69) is 30.1 Å². The Hall–Kier alpha value is -1.74. The average Bonchev–Trinajstić information content (AvgIpc) is 2.44. The van der Waals surface area contributed by atoms with Crippen molar-refractivity contribution < 1.29 is 9.47 Å². The third kappa shape index (κ3) is 4.14. The number of ether oxygens (including phenoxy) is 2. The Labute approximate surface area is 114 Å². The van der Waals surface area contributed by atoms with Gasteiger partial charge in [-0.15, -0.1) is 0 Å². The Morgan fingerprint density at radius 3 is 2.68 bits per heavy atom. The van der Waals surface area contributed by atoms with Gasteiger partial charge < -0.3 is 14.8 Å². The van der Waals surface area contributed by atoms with Gasteiger partial charge >= 0.3 is 0 Å². The lowest BCUT2D eigenvalue weighted by molar-refractivity contribution is 0.172. The summed E-state index contributed by atoms with van der Waals surface area (Å²) in [7, 11) is 1.70. The highest BCUT2D eigenvalue weighted by atomic mass is 16.5. The molecular weight excluding hydrogens is 238 g/mol. The van der Waals surface area contributed by atoms with Crippen molar-refractivity contribution in [3.63, 3.8) is 0 Å². The van der Waals surface area contributed by atoms with E-state index in [4.69, 9.17) is 9.47 Å². The quantitative estimate of drug-likeness (QED) is 0.795. The number of rotatable bonds is 6. The molecule has 0 saturated heterocycles. The zero-order chi connectivity index (χ0) is 13.5. The van der Waals surface area contributed by atoms with Gasteiger partial charge in [-0.25, -0.2) is 0 Å². The molecule has 1 N–H and O–H groups in total. The highest BCUT2D eigenvalue weighted by Crippen LogP contribution is 2.22. The lowest BCUT2D eigenvalue weighted by atomic mass is 10.1. The van der Waals surface area contributed by atoms with E-state index < -0.39 is 0 Å². The van der Waals surface area contributed by atoms with Gasteiger partial charge in [0.05, 0.1) is 6.61 Å². The van der Waals surface area contributed by atoms with Gasteiger partial charge in [0, 0.05) is 31.5 Å². The van der Waals surface area contributed by atoms with Crippen LogP contribution in [-0.4, -0.2) is 20.3 Å². The molecule has 1 aliphatic heterocycles. The molecule has 0 saturated carbocycles. The molecule has 2 rings (SSSR count). The standard InChI is InChI=1S/C16H21NO2/c1-13-5-3-6-16(17-13)14-7-9-15(10-8-14)19-12-4-11-18-2/h6-10,17H,1,3-5,11-12H2,2H3. The van der Waals surface area contributed by atoms with E-state index in [1.807, 2.05) is 12.1 Å². The molecule has 0 radical (unpaired) electrons. The second kappa shape index (κ2) is 7.00. The summed E-state index contributed by atoms with van der Waals surface area (Å²) in [6, 6.07) is 8.15. The van der Waals surface area contributed by atoms with Gasteiger partial charge in [-0.05, 0) is 42.7 Å². The van der Waals surface area contributed by atoms with E-state index >= 15 is 0 Å². The van der Waals surface area contributed by atoms with Crippen LogP contribution in [0, 0.1) is 0 Å². The van der Waals surface area contributed by atoms with Gasteiger partial charge in [-0.1, -0.05) is 12.7 Å². The van der Waals surface area contributed by atoms with Crippen LogP contribution in [0.2, 0.25) is 0 Å². The SMILES string of the molecule is C=C1CCC=C(c2ccc(OCCCOC)cc2)N1. The second-order valence-corrected chi connectivity index (χ2v) is 4.60. The Morgan fingerprint density at radius 2 is 2.00 bits per heavy atom. The first-order valence-electron chi connectivity index (χ1n) is 6.67. The van der Waals surface area contributed by atoms with Gasteiger partial charge in [-0.2, -0.15) is 0 Å². The molecule has 3 nitrogen and oxygen atoms in total. The van der Waals surface area contributed by atoms with Crippen LogP contribution in [0.1, 0.15) is 24.8 Å². The summed E-state index contributed by atoms with van der Waals surface area (Å²) in [6.07, 6.45) is 5.19. The van der Waals surface area contributed by atoms with Crippen molar-refractivity contribution in [2.45, 2.75) is 19.3 Å². The van der Waals surface area contributed by atoms with Gasteiger partial charge in [0.25, 0.3) is 0 Å². The van der Waals surface area contributed by atoms with E-state index in [1.165, 1.54) is 5.56 Å². The zero-order valence-electron chi connectivity index (χ0n) is 11.4. The highest BCUT2D eigenvalue weighted by Gasteiger charge is 2.07. The molecule has 0 unspecified atom stereocenters. The van der Waals surface area contributed by atoms with Crippen LogP contribution in [0.4, 0.5) is 0 Å². The minimum absolute atomic E-state index is 0.685. The van der Waals surface area contributed by atoms with Gasteiger partial charge in [0.15, 0.2) is 0 Å². The summed E-state index contributed by atoms with van der Waals surface area (Å²) >= 11 is 0. The molecule has 3 heteroatoms. The second-order valence-electron chi connectivity index (χ2n) is 4.60. The monoisotopic (exact) mass is 259 g/mol. The molecule has 0 fully saturated rings. The van der Waals surface area contributed by atoms with Crippen LogP contribution >= 0.6 is 0 Å². The third-order valence-corrected chi connectivity index (χ3v) is 3.03. The molecule has 0 amide bonds. The van der Waals surface area contributed by atoms with E-state index in [9.17, 15) is 0 Å². The third-order valence-electron chi connectivity index (χ3n) is 3.03. The van der Waals surface area contributed by atoms with Crippen molar-refractivity contribution in [1.29, 1.82) is 0 Å². The summed E-state index contributed by atoms with van der Waals surface area (Å²) in [5.74, 6) is 0.898. The molecule has 0 bridgehead atoms. The first-order valence-corrected chi connectivity index (χ1v) is 6.67. The van der Waals surface area contributed by atoms with E-state index in [-0.39, 0.29) is 0 Å². The van der Waals surface area contributed by atoms with Crippen LogP contribution in [-0.2, 0) is 4.74 Å². The molecule has 1 aliphatic rings. The number of methoxy groups -OCH3 is 1. The molecule has 0 aliphatic carbocycles. The molecular formula is C16H21NO2. The van der Waals surface area contributed by atoms with Crippen molar-refractivity contribution in [1.82, 2.24) is 5.32 Å². The molecule has 0 atom stereocenters. The van der Waals surface area contributed by atoms with E-state index in [0.29, 0.717) is 6.61 Å². The normalized spacial score (nSPS) is 14.8. The maximum atomic E-state index is 5.63. The first kappa shape index (κ1) is 13.7. The van der Waals surface area contributed by atoms with Crippen molar-refractivity contribution in [2.24, 2.45) is 0 Å². The number of hydrogen-bond acceptors (Lipinski definition) is 3. The average molecular weight is 259 g/mol. The summed E-state index contributed by atoms with van der Waals surface area (Å²) in [5, 5.41) is 3.32. The molecule has 0 spiro atoms. The minimum Gasteiger partial charge on any atom is -0.494 e. The Bertz CT molecular complexity index is 448. The van der Waals surface area contributed by atoms with E-state index in [0.717, 1.165) is 43.0 Å². The summed E-state index contributed by atoms with van der Waals surface area (Å²) < 4.78 is 10.6. The number of nitrogens with one attached hydrogen (secondary N) is 1. The van der Waals surface area contributed by atoms with E-state index in [1.54, 1.807) is 7.11 Å². The molecule has 102 valence electrons. The lowest BCUT2D eigenvalue weighted by Gasteiger charge is -2.18. The largest absolute Gasteiger partial charge is 0.494 e. The predicted molar refractivity (Wildman–Crippen MR) is 77.9 cm³/mol. The molecule has 19 heavy (non-hydrogen) atoms. The Morgan fingerprint density at radius 1 is 1.21 bits per heavy atom. The summed E-state index contributed by atoms with van der Waals surface area (Å²) in [4.78, 5) is 0. The van der Waals surface area contributed by atoms with Gasteiger partial charge in [0.1, 0.15) is 5.75 Å². The van der Waals surface area contributed by atoms with Crippen molar-refractivity contribution in [3.8, 4) is 5.75 Å². The maximum Gasteiger partial charge on any atom is 0.119 e. The van der Waals surface area contributed by atoms with Crippen LogP contribution in [0.25, 0.3) is 5.70 Å². The van der Waals surface area contributed by atoms with Gasteiger partial charge in [-0.3, -0.25) is 0 Å². The number of hydrogen-bond donors (Lipinski definition) is 1. The van der Waals surface area contributed by atoms with Crippen molar-refractivity contribution in [2.75, 3.05) is 20.3 Å². The van der Waals surface area contributed by atoms with Crippen LogP contribution in [0.15, 0.2) is 42.6 Å².